The van der Waals surface area contributed by atoms with E-state index in [9.17, 15) is 0 Å². The van der Waals surface area contributed by atoms with E-state index in [4.69, 9.17) is 4.98 Å². The molecular weight excluding hydrogens is 276 g/mol. The van der Waals surface area contributed by atoms with Gasteiger partial charge >= 0.3 is 0 Å². The number of anilines is 1. The van der Waals surface area contributed by atoms with E-state index in [-0.39, 0.29) is 0 Å². The number of nitrogens with zero attached hydrogens (tertiary/aromatic N) is 4. The summed E-state index contributed by atoms with van der Waals surface area (Å²) >= 11 is 0. The molecule has 0 aromatic carbocycles. The van der Waals surface area contributed by atoms with Gasteiger partial charge in [0, 0.05) is 18.3 Å². The van der Waals surface area contributed by atoms with E-state index in [2.05, 4.69) is 20.6 Å². The van der Waals surface area contributed by atoms with Crippen LogP contribution in [0.4, 0.5) is 5.82 Å². The number of pyridine rings is 1. The van der Waals surface area contributed by atoms with Crippen molar-refractivity contribution in [2.45, 2.75) is 18.5 Å². The van der Waals surface area contributed by atoms with Crippen LogP contribution in [-0.2, 0) is 0 Å². The molecule has 2 aliphatic rings. The molecule has 1 aliphatic carbocycles. The van der Waals surface area contributed by atoms with Crippen molar-refractivity contribution < 1.29 is 0 Å². The predicted molar refractivity (Wildman–Crippen MR) is 83.5 cm³/mol. The lowest BCUT2D eigenvalue weighted by atomic mass is 9.69. The summed E-state index contributed by atoms with van der Waals surface area (Å²) in [6.07, 6.45) is 8.63. The summed E-state index contributed by atoms with van der Waals surface area (Å²) in [6, 6.07) is 7.04. The van der Waals surface area contributed by atoms with Gasteiger partial charge in [0.2, 0.25) is 0 Å². The molecule has 3 aromatic rings. The van der Waals surface area contributed by atoms with Crippen LogP contribution in [0.1, 0.15) is 6.42 Å². The zero-order chi connectivity index (χ0) is 14.5. The van der Waals surface area contributed by atoms with E-state index in [0.717, 1.165) is 35.3 Å². The second kappa shape index (κ2) is 4.51. The first-order valence-corrected chi connectivity index (χ1v) is 7.63. The molecule has 0 bridgehead atoms. The predicted octanol–water partition coefficient (Wildman–Crippen LogP) is 1.56. The number of piperidine rings is 1. The molecule has 1 unspecified atom stereocenters. The van der Waals surface area contributed by atoms with Crippen molar-refractivity contribution in [3.8, 4) is 11.4 Å². The maximum Gasteiger partial charge on any atom is 0.145 e. The molecule has 1 aliphatic heterocycles. The third-order valence-corrected chi connectivity index (χ3v) is 4.76. The Bertz CT molecular complexity index is 841. The standard InChI is InChI=1S/C16H16N6/c1-2-4-22-13(8-18-15(22)3-1)12-7-17-9-14(21-12)20-11-5-10-6-19-16(10)11/h1-4,7-11,16,19H,5-6H2,(H,20,21)/t10-,11-,16?/m1/s1. The molecular formula is C16H16N6. The highest BCUT2D eigenvalue weighted by Crippen LogP contribution is 2.36. The van der Waals surface area contributed by atoms with Crippen LogP contribution in [0, 0.1) is 5.92 Å². The Morgan fingerprint density at radius 1 is 1.23 bits per heavy atom. The minimum absolute atomic E-state index is 0.477. The second-order valence-corrected chi connectivity index (χ2v) is 6.04. The van der Waals surface area contributed by atoms with Crippen LogP contribution >= 0.6 is 0 Å². The number of rotatable bonds is 3. The molecule has 6 heteroatoms. The Kier molecular flexibility index (Phi) is 2.48. The summed E-state index contributed by atoms with van der Waals surface area (Å²) in [4.78, 5) is 13.5. The highest BCUT2D eigenvalue weighted by Gasteiger charge is 2.47. The third-order valence-electron chi connectivity index (χ3n) is 4.76. The van der Waals surface area contributed by atoms with Gasteiger partial charge in [0.1, 0.15) is 17.2 Å². The summed E-state index contributed by atoms with van der Waals surface area (Å²) in [5, 5.41) is 6.95. The molecule has 6 nitrogen and oxygen atoms in total. The van der Waals surface area contributed by atoms with Crippen molar-refractivity contribution in [1.82, 2.24) is 24.7 Å². The minimum Gasteiger partial charge on any atom is -0.364 e. The van der Waals surface area contributed by atoms with E-state index in [0.29, 0.717) is 12.1 Å². The topological polar surface area (TPSA) is 67.1 Å². The van der Waals surface area contributed by atoms with E-state index in [1.165, 1.54) is 6.42 Å². The van der Waals surface area contributed by atoms with Gasteiger partial charge in [0.25, 0.3) is 0 Å². The molecule has 22 heavy (non-hydrogen) atoms. The minimum atomic E-state index is 0.477. The summed E-state index contributed by atoms with van der Waals surface area (Å²) in [7, 11) is 0. The number of fused-ring (bicyclic) bond motifs is 2. The summed E-state index contributed by atoms with van der Waals surface area (Å²) < 4.78 is 2.03. The zero-order valence-electron chi connectivity index (χ0n) is 12.0. The van der Waals surface area contributed by atoms with Gasteiger partial charge in [-0.2, -0.15) is 0 Å². The maximum atomic E-state index is 4.71. The third kappa shape index (κ3) is 1.74. The molecule has 2 N–H and O–H groups in total. The van der Waals surface area contributed by atoms with Crippen LogP contribution in [0.25, 0.3) is 17.0 Å². The Hall–Kier alpha value is -2.47. The van der Waals surface area contributed by atoms with Gasteiger partial charge in [-0.05, 0) is 31.0 Å². The highest BCUT2D eigenvalue weighted by atomic mass is 15.2. The lowest BCUT2D eigenvalue weighted by Crippen LogP contribution is -2.70. The smallest absolute Gasteiger partial charge is 0.145 e. The number of hydrogen-bond acceptors (Lipinski definition) is 5. The largest absolute Gasteiger partial charge is 0.364 e. The molecule has 4 heterocycles. The molecule has 1 saturated heterocycles. The molecule has 1 saturated carbocycles. The average Bonchev–Trinajstić information content (AvgIpc) is 2.96. The lowest BCUT2D eigenvalue weighted by Gasteiger charge is -2.53. The van der Waals surface area contributed by atoms with E-state index in [1.54, 1.807) is 12.4 Å². The van der Waals surface area contributed by atoms with Crippen LogP contribution in [0.3, 0.4) is 0 Å². The second-order valence-electron chi connectivity index (χ2n) is 6.04. The Labute approximate surface area is 127 Å². The van der Waals surface area contributed by atoms with Gasteiger partial charge in [-0.15, -0.1) is 0 Å². The van der Waals surface area contributed by atoms with Gasteiger partial charge < -0.3 is 10.6 Å². The molecule has 110 valence electrons. The van der Waals surface area contributed by atoms with Crippen LogP contribution in [0.15, 0.2) is 43.0 Å². The normalized spacial score (nSPS) is 26.1. The fourth-order valence-electron chi connectivity index (χ4n) is 3.42. The van der Waals surface area contributed by atoms with Gasteiger partial charge in [0.05, 0.1) is 24.3 Å². The summed E-state index contributed by atoms with van der Waals surface area (Å²) in [5.41, 5.74) is 2.71. The fourth-order valence-corrected chi connectivity index (χ4v) is 3.42. The molecule has 5 rings (SSSR count). The van der Waals surface area contributed by atoms with Crippen LogP contribution < -0.4 is 10.6 Å². The monoisotopic (exact) mass is 292 g/mol. The highest BCUT2D eigenvalue weighted by molar-refractivity contribution is 5.60. The SMILES string of the molecule is c1ccn2c(-c3cncc(N[C@@H]4C[C@@H]5CNC54)n3)cnc2c1. The number of hydrogen-bond donors (Lipinski definition) is 2. The van der Waals surface area contributed by atoms with Gasteiger partial charge in [-0.25, -0.2) is 9.97 Å². The van der Waals surface area contributed by atoms with Crippen molar-refractivity contribution in [2.24, 2.45) is 5.92 Å². The molecule has 0 radical (unpaired) electrons. The van der Waals surface area contributed by atoms with E-state index >= 15 is 0 Å². The summed E-state index contributed by atoms with van der Waals surface area (Å²) in [5.74, 6) is 1.69. The Morgan fingerprint density at radius 3 is 3.05 bits per heavy atom. The number of imidazole rings is 1. The van der Waals surface area contributed by atoms with E-state index in [1.807, 2.05) is 35.0 Å². The lowest BCUT2D eigenvalue weighted by molar-refractivity contribution is 0.0910. The van der Waals surface area contributed by atoms with Crippen molar-refractivity contribution >= 4 is 11.5 Å². The van der Waals surface area contributed by atoms with Gasteiger partial charge in [0.15, 0.2) is 0 Å². The van der Waals surface area contributed by atoms with Gasteiger partial charge in [-0.1, -0.05) is 6.07 Å². The molecule has 0 amide bonds. The van der Waals surface area contributed by atoms with Crippen molar-refractivity contribution in [3.63, 3.8) is 0 Å². The van der Waals surface area contributed by atoms with E-state index < -0.39 is 0 Å². The first-order chi connectivity index (χ1) is 10.9. The van der Waals surface area contributed by atoms with Crippen molar-refractivity contribution in [1.29, 1.82) is 0 Å². The Balaban J connectivity index is 1.46. The first kappa shape index (κ1) is 12.1. The number of nitrogens with one attached hydrogen (secondary N) is 2. The fraction of sp³-hybridized carbons (Fsp3) is 0.312. The van der Waals surface area contributed by atoms with Crippen LogP contribution in [-0.4, -0.2) is 38.0 Å². The van der Waals surface area contributed by atoms with Crippen LogP contribution in [0.2, 0.25) is 0 Å². The molecule has 3 atom stereocenters. The van der Waals surface area contributed by atoms with Crippen molar-refractivity contribution in [3.05, 3.63) is 43.0 Å². The molecule has 3 aromatic heterocycles. The number of aromatic nitrogens is 4. The van der Waals surface area contributed by atoms with Crippen LogP contribution in [0.5, 0.6) is 0 Å². The zero-order valence-corrected chi connectivity index (χ0v) is 12.0. The van der Waals surface area contributed by atoms with Gasteiger partial charge in [-0.3, -0.25) is 9.38 Å². The Morgan fingerprint density at radius 2 is 2.23 bits per heavy atom. The summed E-state index contributed by atoms with van der Waals surface area (Å²) in [6.45, 7) is 1.16. The first-order valence-electron chi connectivity index (χ1n) is 7.63. The molecule has 2 fully saturated rings. The quantitative estimate of drug-likeness (QED) is 0.767. The maximum absolute atomic E-state index is 4.71. The average molecular weight is 292 g/mol. The van der Waals surface area contributed by atoms with Crippen molar-refractivity contribution in [2.75, 3.05) is 11.9 Å². The molecule has 0 spiro atoms.